The SMILES string of the molecule is COc1ccccc1CCNC(=O)N(C)CCC(=O)O. The highest BCUT2D eigenvalue weighted by Gasteiger charge is 2.09. The summed E-state index contributed by atoms with van der Waals surface area (Å²) in [6.45, 7) is 0.659. The van der Waals surface area contributed by atoms with E-state index in [1.54, 1.807) is 14.2 Å². The van der Waals surface area contributed by atoms with Crippen LogP contribution >= 0.6 is 0 Å². The summed E-state index contributed by atoms with van der Waals surface area (Å²) in [5.41, 5.74) is 1.02. The second-order valence-electron chi connectivity index (χ2n) is 4.36. The van der Waals surface area contributed by atoms with Crippen molar-refractivity contribution in [1.29, 1.82) is 0 Å². The molecule has 1 aromatic rings. The molecule has 0 aliphatic rings. The Morgan fingerprint density at radius 1 is 1.35 bits per heavy atom. The number of carboxylic acids is 1. The van der Waals surface area contributed by atoms with Gasteiger partial charge in [0.1, 0.15) is 5.75 Å². The van der Waals surface area contributed by atoms with Crippen LogP contribution in [0.1, 0.15) is 12.0 Å². The average Bonchev–Trinajstić information content (AvgIpc) is 2.45. The van der Waals surface area contributed by atoms with Crippen molar-refractivity contribution in [3.63, 3.8) is 0 Å². The van der Waals surface area contributed by atoms with E-state index in [0.29, 0.717) is 13.0 Å². The molecular weight excluding hydrogens is 260 g/mol. The van der Waals surface area contributed by atoms with Gasteiger partial charge < -0.3 is 20.1 Å². The van der Waals surface area contributed by atoms with E-state index in [4.69, 9.17) is 9.84 Å². The Morgan fingerprint density at radius 3 is 2.70 bits per heavy atom. The first-order valence-corrected chi connectivity index (χ1v) is 6.37. The lowest BCUT2D eigenvalue weighted by molar-refractivity contribution is -0.137. The summed E-state index contributed by atoms with van der Waals surface area (Å²) in [7, 11) is 3.18. The van der Waals surface area contributed by atoms with Crippen LogP contribution in [-0.4, -0.2) is 49.3 Å². The molecule has 2 amide bonds. The van der Waals surface area contributed by atoms with Crippen LogP contribution < -0.4 is 10.1 Å². The zero-order chi connectivity index (χ0) is 15.0. The molecule has 0 saturated heterocycles. The van der Waals surface area contributed by atoms with Crippen LogP contribution in [0.5, 0.6) is 5.75 Å². The first-order valence-electron chi connectivity index (χ1n) is 6.37. The number of urea groups is 1. The normalized spacial score (nSPS) is 9.90. The molecule has 0 saturated carbocycles. The van der Waals surface area contributed by atoms with Crippen LogP contribution in [0.3, 0.4) is 0 Å². The van der Waals surface area contributed by atoms with Crippen molar-refractivity contribution in [2.75, 3.05) is 27.2 Å². The molecule has 0 heterocycles. The number of aliphatic carboxylic acids is 1. The lowest BCUT2D eigenvalue weighted by atomic mass is 10.1. The number of ether oxygens (including phenoxy) is 1. The van der Waals surface area contributed by atoms with Gasteiger partial charge in [0.2, 0.25) is 0 Å². The minimum absolute atomic E-state index is 0.0591. The third kappa shape index (κ3) is 5.17. The minimum atomic E-state index is -0.918. The Labute approximate surface area is 118 Å². The van der Waals surface area contributed by atoms with Gasteiger partial charge in [-0.25, -0.2) is 4.79 Å². The zero-order valence-corrected chi connectivity index (χ0v) is 11.8. The predicted octanol–water partition coefficient (Wildman–Crippen LogP) is 1.35. The number of hydrogen-bond acceptors (Lipinski definition) is 3. The molecule has 0 bridgehead atoms. The summed E-state index contributed by atoms with van der Waals surface area (Å²) in [4.78, 5) is 23.5. The van der Waals surface area contributed by atoms with Gasteiger partial charge >= 0.3 is 12.0 Å². The van der Waals surface area contributed by atoms with Crippen LogP contribution in [0.25, 0.3) is 0 Å². The van der Waals surface area contributed by atoms with E-state index in [1.165, 1.54) is 4.90 Å². The van der Waals surface area contributed by atoms with Gasteiger partial charge in [-0.2, -0.15) is 0 Å². The predicted molar refractivity (Wildman–Crippen MR) is 75.0 cm³/mol. The van der Waals surface area contributed by atoms with Crippen LogP contribution in [0.4, 0.5) is 4.79 Å². The monoisotopic (exact) mass is 280 g/mol. The first kappa shape index (κ1) is 15.8. The van der Waals surface area contributed by atoms with Gasteiger partial charge in [-0.15, -0.1) is 0 Å². The molecule has 1 rings (SSSR count). The highest BCUT2D eigenvalue weighted by Crippen LogP contribution is 2.17. The van der Waals surface area contributed by atoms with E-state index in [1.807, 2.05) is 24.3 Å². The van der Waals surface area contributed by atoms with Gasteiger partial charge in [0, 0.05) is 20.1 Å². The maximum Gasteiger partial charge on any atom is 0.317 e. The Balaban J connectivity index is 2.36. The number of rotatable bonds is 7. The number of methoxy groups -OCH3 is 1. The van der Waals surface area contributed by atoms with Crippen LogP contribution in [-0.2, 0) is 11.2 Å². The highest BCUT2D eigenvalue weighted by molar-refractivity contribution is 5.75. The van der Waals surface area contributed by atoms with E-state index in [2.05, 4.69) is 5.32 Å². The van der Waals surface area contributed by atoms with Crippen molar-refractivity contribution in [3.05, 3.63) is 29.8 Å². The van der Waals surface area contributed by atoms with Gasteiger partial charge in [-0.1, -0.05) is 18.2 Å². The quantitative estimate of drug-likeness (QED) is 0.790. The third-order valence-electron chi connectivity index (χ3n) is 2.87. The van der Waals surface area contributed by atoms with Crippen LogP contribution in [0.2, 0.25) is 0 Å². The molecule has 6 nitrogen and oxygen atoms in total. The molecule has 0 radical (unpaired) electrons. The maximum absolute atomic E-state index is 11.7. The van der Waals surface area contributed by atoms with E-state index in [-0.39, 0.29) is 19.0 Å². The van der Waals surface area contributed by atoms with Crippen molar-refractivity contribution in [2.45, 2.75) is 12.8 Å². The molecule has 0 unspecified atom stereocenters. The fourth-order valence-corrected chi connectivity index (χ4v) is 1.71. The molecule has 0 spiro atoms. The van der Waals surface area contributed by atoms with Crippen molar-refractivity contribution >= 4 is 12.0 Å². The number of nitrogens with one attached hydrogen (secondary N) is 1. The summed E-state index contributed by atoms with van der Waals surface area (Å²) < 4.78 is 5.23. The average molecular weight is 280 g/mol. The Morgan fingerprint density at radius 2 is 2.05 bits per heavy atom. The van der Waals surface area contributed by atoms with E-state index < -0.39 is 5.97 Å². The van der Waals surface area contributed by atoms with Gasteiger partial charge in [0.05, 0.1) is 13.5 Å². The largest absolute Gasteiger partial charge is 0.496 e. The summed E-state index contributed by atoms with van der Waals surface area (Å²) in [6, 6.07) is 7.34. The summed E-state index contributed by atoms with van der Waals surface area (Å²) in [5.74, 6) is -0.125. The van der Waals surface area contributed by atoms with Crippen molar-refractivity contribution < 1.29 is 19.4 Å². The maximum atomic E-state index is 11.7. The molecule has 0 aliphatic heterocycles. The van der Waals surface area contributed by atoms with Crippen molar-refractivity contribution in [1.82, 2.24) is 10.2 Å². The van der Waals surface area contributed by atoms with Crippen molar-refractivity contribution in [2.24, 2.45) is 0 Å². The highest BCUT2D eigenvalue weighted by atomic mass is 16.5. The van der Waals surface area contributed by atoms with Crippen LogP contribution in [0, 0.1) is 0 Å². The number of nitrogens with zero attached hydrogens (tertiary/aromatic N) is 1. The molecule has 110 valence electrons. The molecule has 0 aliphatic carbocycles. The second-order valence-corrected chi connectivity index (χ2v) is 4.36. The number of carboxylic acid groups (broad SMARTS) is 1. The minimum Gasteiger partial charge on any atom is -0.496 e. The second kappa shape index (κ2) is 8.04. The lowest BCUT2D eigenvalue weighted by Crippen LogP contribution is -2.39. The first-order chi connectivity index (χ1) is 9.54. The van der Waals surface area contributed by atoms with Crippen molar-refractivity contribution in [3.8, 4) is 5.75 Å². The Bertz CT molecular complexity index is 462. The number of carbonyl (C=O) groups excluding carboxylic acids is 1. The van der Waals surface area contributed by atoms with Gasteiger partial charge in [0.25, 0.3) is 0 Å². The van der Waals surface area contributed by atoms with Gasteiger partial charge in [0.15, 0.2) is 0 Å². The standard InChI is InChI=1S/C14H20N2O4/c1-16(10-8-13(17)18)14(19)15-9-7-11-5-3-4-6-12(11)20-2/h3-6H,7-10H2,1-2H3,(H,15,19)(H,17,18). The topological polar surface area (TPSA) is 78.9 Å². The number of hydrogen-bond donors (Lipinski definition) is 2. The Kier molecular flexibility index (Phi) is 6.36. The van der Waals surface area contributed by atoms with Crippen LogP contribution in [0.15, 0.2) is 24.3 Å². The smallest absolute Gasteiger partial charge is 0.317 e. The molecular formula is C14H20N2O4. The molecule has 0 atom stereocenters. The third-order valence-corrected chi connectivity index (χ3v) is 2.87. The molecule has 1 aromatic carbocycles. The van der Waals surface area contributed by atoms with E-state index in [0.717, 1.165) is 11.3 Å². The molecule has 20 heavy (non-hydrogen) atoms. The molecule has 0 fully saturated rings. The number of amides is 2. The fourth-order valence-electron chi connectivity index (χ4n) is 1.71. The van der Waals surface area contributed by atoms with E-state index >= 15 is 0 Å². The van der Waals surface area contributed by atoms with E-state index in [9.17, 15) is 9.59 Å². The van der Waals surface area contributed by atoms with Gasteiger partial charge in [-0.3, -0.25) is 4.79 Å². The molecule has 2 N–H and O–H groups in total. The van der Waals surface area contributed by atoms with Gasteiger partial charge in [-0.05, 0) is 18.1 Å². The number of para-hydroxylation sites is 1. The number of benzene rings is 1. The summed E-state index contributed by atoms with van der Waals surface area (Å²) >= 11 is 0. The lowest BCUT2D eigenvalue weighted by Gasteiger charge is -2.17. The zero-order valence-electron chi connectivity index (χ0n) is 11.8. The summed E-state index contributed by atoms with van der Waals surface area (Å²) in [5, 5.41) is 11.3. The molecule has 6 heteroatoms. The Hall–Kier alpha value is -2.24. The number of carbonyl (C=O) groups is 2. The molecule has 0 aromatic heterocycles. The fraction of sp³-hybridized carbons (Fsp3) is 0.429. The summed E-state index contributed by atoms with van der Waals surface area (Å²) in [6.07, 6.45) is 0.596.